The molecule has 0 aromatic heterocycles. The Morgan fingerprint density at radius 2 is 2.00 bits per heavy atom. The van der Waals surface area contributed by atoms with Crippen molar-refractivity contribution in [2.24, 2.45) is 0 Å². The average Bonchev–Trinajstić information content (AvgIpc) is 1.27. The number of hydrogen-bond donors (Lipinski definition) is 0. The molecule has 0 rings (SSSR count). The van der Waals surface area contributed by atoms with Crippen LogP contribution in [0.4, 0.5) is 0 Å². The minimum atomic E-state index is -1.44. The number of hydrogen-bond acceptors (Lipinski definition) is 3. The van der Waals surface area contributed by atoms with Gasteiger partial charge in [-0.1, -0.05) is 13.0 Å². The highest BCUT2D eigenvalue weighted by atomic mass is 16.4. The molecule has 0 radical (unpaired) electrons. The Morgan fingerprint density at radius 1 is 1.57 bits per heavy atom. The fourth-order valence-electron chi connectivity index (χ4n) is 0.166. The predicted octanol–water partition coefficient (Wildman–Crippen LogP) is -2.00. The van der Waals surface area contributed by atoms with Gasteiger partial charge in [0.25, 0.3) is 0 Å². The van der Waals surface area contributed by atoms with Gasteiger partial charge in [0.05, 0.1) is 5.97 Å². The topological polar surface area (TPSA) is 63.2 Å². The molecule has 40 valence electrons. The van der Waals surface area contributed by atoms with Crippen LogP contribution in [0.25, 0.3) is 0 Å². The normalized spacial score (nSPS) is 11.3. The van der Waals surface area contributed by atoms with Crippen LogP contribution in [-0.4, -0.2) is 5.97 Å². The minimum Gasteiger partial charge on any atom is -0.876 e. The van der Waals surface area contributed by atoms with E-state index < -0.39 is 11.7 Å². The van der Waals surface area contributed by atoms with Gasteiger partial charge in [0.1, 0.15) is 0 Å². The molecular weight excluding hydrogens is 96.0 g/mol. The van der Waals surface area contributed by atoms with Crippen LogP contribution in [0, 0.1) is 0 Å². The monoisotopic (exact) mass is 100 g/mol. The lowest BCUT2D eigenvalue weighted by Gasteiger charge is -2.01. The van der Waals surface area contributed by atoms with E-state index in [1.807, 2.05) is 0 Å². The lowest BCUT2D eigenvalue weighted by Crippen LogP contribution is -2.20. The molecule has 0 unspecified atom stereocenters. The lowest BCUT2D eigenvalue weighted by molar-refractivity contribution is -0.311. The van der Waals surface area contributed by atoms with Crippen LogP contribution in [0.2, 0.25) is 0 Å². The number of aliphatic carboxylic acids is 1. The second-order valence-corrected chi connectivity index (χ2v) is 1.07. The summed E-state index contributed by atoms with van der Waals surface area (Å²) < 4.78 is 0. The molecule has 0 aliphatic carbocycles. The minimum absolute atomic E-state index is 0.500. The molecule has 3 nitrogen and oxygen atoms in total. The second kappa shape index (κ2) is 2.23. The van der Waals surface area contributed by atoms with Crippen LogP contribution in [0.3, 0.4) is 0 Å². The number of carboxylic acids is 1. The van der Waals surface area contributed by atoms with Gasteiger partial charge >= 0.3 is 0 Å². The predicted molar refractivity (Wildman–Crippen MR) is 18.8 cm³/mol. The van der Waals surface area contributed by atoms with Gasteiger partial charge in [0.2, 0.25) is 0 Å². The molecule has 0 heterocycles. The molecule has 0 atom stereocenters. The van der Waals surface area contributed by atoms with Crippen molar-refractivity contribution in [2.75, 3.05) is 0 Å². The van der Waals surface area contributed by atoms with Crippen molar-refractivity contribution in [3.8, 4) is 0 Å². The molecule has 0 spiro atoms. The van der Waals surface area contributed by atoms with Gasteiger partial charge in [0.15, 0.2) is 0 Å². The van der Waals surface area contributed by atoms with Crippen LogP contribution in [-0.2, 0) is 4.79 Å². The highest BCUT2D eigenvalue weighted by molar-refractivity contribution is 5.77. The van der Waals surface area contributed by atoms with E-state index in [1.54, 1.807) is 0 Å². The Balaban J connectivity index is 3.68. The van der Waals surface area contributed by atoms with E-state index in [2.05, 4.69) is 0 Å². The highest BCUT2D eigenvalue weighted by Crippen LogP contribution is 1.72. The summed E-state index contributed by atoms with van der Waals surface area (Å²) >= 11 is 0. The molecular formula is C4H4O3-2. The molecule has 0 amide bonds. The first-order valence-corrected chi connectivity index (χ1v) is 1.69. The molecule has 0 aromatic rings. The number of carbonyl (C=O) groups excluding carboxylic acids is 1. The van der Waals surface area contributed by atoms with Crippen molar-refractivity contribution in [1.29, 1.82) is 0 Å². The van der Waals surface area contributed by atoms with Crippen LogP contribution < -0.4 is 10.2 Å². The van der Waals surface area contributed by atoms with Crippen molar-refractivity contribution in [1.82, 2.24) is 0 Å². The van der Waals surface area contributed by atoms with Crippen molar-refractivity contribution in [3.05, 3.63) is 11.8 Å². The summed E-state index contributed by atoms with van der Waals surface area (Å²) in [6.45, 7) is 1.15. The number of allylic oxidation sites excluding steroid dienone is 1. The third-order valence-corrected chi connectivity index (χ3v) is 0.321. The average molecular weight is 100 g/mol. The second-order valence-electron chi connectivity index (χ2n) is 1.07. The standard InChI is InChI=1S/C4H6O3/c1-3(5)2-4(6)7/h2,5H,1H3,(H,6,7)/p-2/b3-2-. The van der Waals surface area contributed by atoms with Crippen molar-refractivity contribution >= 4 is 5.97 Å². The Hall–Kier alpha value is -0.990. The molecule has 0 aliphatic rings. The van der Waals surface area contributed by atoms with E-state index in [0.717, 1.165) is 6.92 Å². The zero-order valence-electron chi connectivity index (χ0n) is 3.80. The quantitative estimate of drug-likeness (QED) is 0.283. The molecule has 0 N–H and O–H groups in total. The van der Waals surface area contributed by atoms with Gasteiger partial charge in [-0.05, 0) is 0 Å². The van der Waals surface area contributed by atoms with Gasteiger partial charge in [-0.2, -0.15) is 0 Å². The fourth-order valence-corrected chi connectivity index (χ4v) is 0.166. The molecule has 0 saturated carbocycles. The van der Waals surface area contributed by atoms with E-state index in [0.29, 0.717) is 6.08 Å². The summed E-state index contributed by atoms with van der Waals surface area (Å²) in [5, 5.41) is 19.2. The Kier molecular flexibility index (Phi) is 1.91. The molecule has 0 saturated heterocycles. The molecule has 0 bridgehead atoms. The summed E-state index contributed by atoms with van der Waals surface area (Å²) in [4.78, 5) is 9.42. The summed E-state index contributed by atoms with van der Waals surface area (Å²) in [6.07, 6.45) is 0.500. The maximum Gasteiger partial charge on any atom is 0.0633 e. The van der Waals surface area contributed by atoms with Gasteiger partial charge in [-0.3, -0.25) is 0 Å². The molecule has 3 heteroatoms. The van der Waals surface area contributed by atoms with Crippen molar-refractivity contribution in [2.45, 2.75) is 6.92 Å². The number of carbonyl (C=O) groups is 1. The third kappa shape index (κ3) is 5.01. The van der Waals surface area contributed by atoms with Gasteiger partial charge in [-0.15, -0.1) is 5.76 Å². The molecule has 7 heavy (non-hydrogen) atoms. The number of carboxylic acid groups (broad SMARTS) is 1. The number of rotatable bonds is 1. The van der Waals surface area contributed by atoms with Gasteiger partial charge < -0.3 is 15.0 Å². The van der Waals surface area contributed by atoms with Crippen molar-refractivity contribution < 1.29 is 15.0 Å². The van der Waals surface area contributed by atoms with Crippen LogP contribution in [0.1, 0.15) is 6.92 Å². The Labute approximate surface area is 40.9 Å². The zero-order valence-corrected chi connectivity index (χ0v) is 3.80. The molecule has 0 aromatic carbocycles. The summed E-state index contributed by atoms with van der Waals surface area (Å²) in [6, 6.07) is 0. The van der Waals surface area contributed by atoms with E-state index >= 15 is 0 Å². The summed E-state index contributed by atoms with van der Waals surface area (Å²) in [7, 11) is 0. The largest absolute Gasteiger partial charge is 0.876 e. The maximum absolute atomic E-state index is 9.78. The van der Waals surface area contributed by atoms with E-state index in [4.69, 9.17) is 0 Å². The highest BCUT2D eigenvalue weighted by Gasteiger charge is 1.66. The Morgan fingerprint density at radius 3 is 2.00 bits per heavy atom. The van der Waals surface area contributed by atoms with E-state index in [9.17, 15) is 15.0 Å². The Bertz CT molecular complexity index is 99.5. The third-order valence-electron chi connectivity index (χ3n) is 0.321. The molecule has 0 aliphatic heterocycles. The van der Waals surface area contributed by atoms with E-state index in [1.165, 1.54) is 0 Å². The maximum atomic E-state index is 9.78. The zero-order chi connectivity index (χ0) is 5.86. The van der Waals surface area contributed by atoms with Crippen molar-refractivity contribution in [3.63, 3.8) is 0 Å². The first-order valence-electron chi connectivity index (χ1n) is 1.69. The summed E-state index contributed by atoms with van der Waals surface area (Å²) in [5.74, 6) is -1.94. The van der Waals surface area contributed by atoms with Crippen LogP contribution in [0.15, 0.2) is 11.8 Å². The first-order chi connectivity index (χ1) is 3.13. The lowest BCUT2D eigenvalue weighted by atomic mass is 10.5. The fraction of sp³-hybridized carbons (Fsp3) is 0.250. The van der Waals surface area contributed by atoms with Gasteiger partial charge in [0, 0.05) is 0 Å². The van der Waals surface area contributed by atoms with Crippen LogP contribution in [0.5, 0.6) is 0 Å². The van der Waals surface area contributed by atoms with Gasteiger partial charge in [-0.25, -0.2) is 0 Å². The first kappa shape index (κ1) is 6.01. The smallest absolute Gasteiger partial charge is 0.0633 e. The SMILES string of the molecule is C/C([O-])=C/C(=O)[O-]. The molecule has 0 fully saturated rings. The van der Waals surface area contributed by atoms with Crippen LogP contribution >= 0.6 is 0 Å². The van der Waals surface area contributed by atoms with E-state index in [-0.39, 0.29) is 0 Å². The summed E-state index contributed by atoms with van der Waals surface area (Å²) in [5.41, 5.74) is 0.